The van der Waals surface area contributed by atoms with Crippen molar-refractivity contribution >= 4 is 17.4 Å². The van der Waals surface area contributed by atoms with E-state index in [1.807, 2.05) is 6.07 Å². The Bertz CT molecular complexity index is 789. The summed E-state index contributed by atoms with van der Waals surface area (Å²) in [6, 6.07) is 3.35. The van der Waals surface area contributed by atoms with E-state index in [-0.39, 0.29) is 30.6 Å². The molecule has 0 spiro atoms. The SMILES string of the molecule is Nc1ncc(-c2cc(C3CCOC3)n(C3CCC(F)(F)C3)n2)cc1Cl. The van der Waals surface area contributed by atoms with E-state index < -0.39 is 5.92 Å². The van der Waals surface area contributed by atoms with E-state index in [1.165, 1.54) is 0 Å². The fourth-order valence-corrected chi connectivity index (χ4v) is 3.81. The first-order chi connectivity index (χ1) is 11.9. The van der Waals surface area contributed by atoms with Crippen LogP contribution in [0.25, 0.3) is 11.3 Å². The van der Waals surface area contributed by atoms with Crippen molar-refractivity contribution in [2.75, 3.05) is 18.9 Å². The number of nitrogens with two attached hydrogens (primary N) is 1. The summed E-state index contributed by atoms with van der Waals surface area (Å²) in [5.41, 5.74) is 8.01. The van der Waals surface area contributed by atoms with Gasteiger partial charge in [-0.2, -0.15) is 5.10 Å². The molecule has 1 aliphatic carbocycles. The molecule has 5 nitrogen and oxygen atoms in total. The molecule has 134 valence electrons. The first-order valence-electron chi connectivity index (χ1n) is 8.39. The minimum Gasteiger partial charge on any atom is -0.382 e. The molecule has 2 aromatic heterocycles. The summed E-state index contributed by atoms with van der Waals surface area (Å²) in [6.07, 6.45) is 2.63. The van der Waals surface area contributed by atoms with Crippen molar-refractivity contribution in [2.24, 2.45) is 0 Å². The molecule has 3 heterocycles. The highest BCUT2D eigenvalue weighted by molar-refractivity contribution is 6.33. The molecule has 8 heteroatoms. The minimum atomic E-state index is -2.62. The van der Waals surface area contributed by atoms with Gasteiger partial charge in [0.1, 0.15) is 5.82 Å². The van der Waals surface area contributed by atoms with Gasteiger partial charge in [0.25, 0.3) is 0 Å². The molecular weight excluding hydrogens is 350 g/mol. The predicted octanol–water partition coefficient (Wildman–Crippen LogP) is 4.04. The van der Waals surface area contributed by atoms with Crippen LogP contribution in [0.1, 0.15) is 43.3 Å². The lowest BCUT2D eigenvalue weighted by molar-refractivity contribution is 0.00505. The van der Waals surface area contributed by atoms with Gasteiger partial charge < -0.3 is 10.5 Å². The molecule has 25 heavy (non-hydrogen) atoms. The summed E-state index contributed by atoms with van der Waals surface area (Å²) in [7, 11) is 0. The number of alkyl halides is 2. The number of hydrogen-bond donors (Lipinski definition) is 1. The Morgan fingerprint density at radius 1 is 1.32 bits per heavy atom. The maximum absolute atomic E-state index is 13.7. The van der Waals surface area contributed by atoms with Crippen LogP contribution in [0, 0.1) is 0 Å². The zero-order chi connectivity index (χ0) is 17.6. The first-order valence-corrected chi connectivity index (χ1v) is 8.77. The third-order valence-electron chi connectivity index (χ3n) is 5.00. The third-order valence-corrected chi connectivity index (χ3v) is 5.30. The average Bonchev–Trinajstić information content (AvgIpc) is 3.28. The number of nitrogens with zero attached hydrogens (tertiary/aromatic N) is 3. The van der Waals surface area contributed by atoms with Crippen molar-refractivity contribution in [1.82, 2.24) is 14.8 Å². The number of pyridine rings is 1. The Hall–Kier alpha value is -1.73. The van der Waals surface area contributed by atoms with Gasteiger partial charge in [0.05, 0.1) is 23.4 Å². The first kappa shape index (κ1) is 16.7. The van der Waals surface area contributed by atoms with Gasteiger partial charge in [-0.3, -0.25) is 4.68 Å². The maximum Gasteiger partial charge on any atom is 0.250 e. The van der Waals surface area contributed by atoms with Gasteiger partial charge in [-0.05, 0) is 25.0 Å². The largest absolute Gasteiger partial charge is 0.382 e. The Balaban J connectivity index is 1.74. The second-order valence-electron chi connectivity index (χ2n) is 6.80. The van der Waals surface area contributed by atoms with E-state index in [2.05, 4.69) is 10.1 Å². The highest BCUT2D eigenvalue weighted by Crippen LogP contribution is 2.43. The lowest BCUT2D eigenvalue weighted by Crippen LogP contribution is -2.16. The van der Waals surface area contributed by atoms with E-state index in [0.717, 1.165) is 17.7 Å². The van der Waals surface area contributed by atoms with Crippen molar-refractivity contribution in [3.05, 3.63) is 29.0 Å². The Kier molecular flexibility index (Phi) is 4.16. The van der Waals surface area contributed by atoms with Crippen LogP contribution in [0.3, 0.4) is 0 Å². The molecule has 0 amide bonds. The van der Waals surface area contributed by atoms with Crippen LogP contribution in [-0.4, -0.2) is 33.9 Å². The van der Waals surface area contributed by atoms with Crippen molar-refractivity contribution in [1.29, 1.82) is 0 Å². The van der Waals surface area contributed by atoms with Gasteiger partial charge in [-0.1, -0.05) is 11.6 Å². The molecule has 0 bridgehead atoms. The van der Waals surface area contributed by atoms with E-state index >= 15 is 0 Å². The van der Waals surface area contributed by atoms with Crippen molar-refractivity contribution in [2.45, 2.75) is 43.6 Å². The summed E-state index contributed by atoms with van der Waals surface area (Å²) in [5.74, 6) is -2.19. The van der Waals surface area contributed by atoms with Gasteiger partial charge in [-0.25, -0.2) is 13.8 Å². The molecule has 1 saturated carbocycles. The van der Waals surface area contributed by atoms with Crippen LogP contribution in [0.4, 0.5) is 14.6 Å². The molecule has 0 radical (unpaired) electrons. The van der Waals surface area contributed by atoms with Gasteiger partial charge in [0.2, 0.25) is 5.92 Å². The predicted molar refractivity (Wildman–Crippen MR) is 90.9 cm³/mol. The molecule has 1 saturated heterocycles. The normalized spacial score (nSPS) is 25.6. The van der Waals surface area contributed by atoms with Crippen LogP contribution >= 0.6 is 11.6 Å². The number of anilines is 1. The maximum atomic E-state index is 13.7. The number of halogens is 3. The summed E-state index contributed by atoms with van der Waals surface area (Å²) in [5, 5.41) is 4.98. The zero-order valence-corrected chi connectivity index (χ0v) is 14.3. The Labute approximate surface area is 149 Å². The molecule has 2 atom stereocenters. The third kappa shape index (κ3) is 3.22. The summed E-state index contributed by atoms with van der Waals surface area (Å²) in [6.45, 7) is 1.27. The molecule has 4 rings (SSSR count). The van der Waals surface area contributed by atoms with Crippen molar-refractivity contribution in [3.63, 3.8) is 0 Å². The molecule has 2 unspecified atom stereocenters. The standard InChI is InChI=1S/C17H19ClF2N4O/c18-13-5-11(8-22-16(13)21)14-6-15(10-2-4-25-9-10)24(23-14)12-1-3-17(19,20)7-12/h5-6,8,10,12H,1-4,7,9H2,(H2,21,22). The number of ether oxygens (including phenoxy) is 1. The smallest absolute Gasteiger partial charge is 0.250 e. The summed E-state index contributed by atoms with van der Waals surface area (Å²) < 4.78 is 34.7. The lowest BCUT2D eigenvalue weighted by atomic mass is 10.0. The van der Waals surface area contributed by atoms with Crippen LogP contribution in [0.5, 0.6) is 0 Å². The average molecular weight is 369 g/mol. The lowest BCUT2D eigenvalue weighted by Gasteiger charge is -2.17. The van der Waals surface area contributed by atoms with E-state index in [1.54, 1.807) is 16.9 Å². The molecule has 1 aliphatic heterocycles. The number of aromatic nitrogens is 3. The molecule has 2 aliphatic rings. The highest BCUT2D eigenvalue weighted by atomic mass is 35.5. The van der Waals surface area contributed by atoms with Crippen molar-refractivity contribution < 1.29 is 13.5 Å². The van der Waals surface area contributed by atoms with E-state index in [0.29, 0.717) is 30.4 Å². The quantitative estimate of drug-likeness (QED) is 0.887. The summed E-state index contributed by atoms with van der Waals surface area (Å²) in [4.78, 5) is 4.06. The van der Waals surface area contributed by atoms with E-state index in [9.17, 15) is 8.78 Å². The molecule has 0 aromatic carbocycles. The Morgan fingerprint density at radius 2 is 2.16 bits per heavy atom. The van der Waals surface area contributed by atoms with Gasteiger partial charge >= 0.3 is 0 Å². The molecule has 2 N–H and O–H groups in total. The second-order valence-corrected chi connectivity index (χ2v) is 7.21. The van der Waals surface area contributed by atoms with Crippen molar-refractivity contribution in [3.8, 4) is 11.3 Å². The number of nitrogen functional groups attached to an aromatic ring is 1. The van der Waals surface area contributed by atoms with E-state index in [4.69, 9.17) is 22.1 Å². The zero-order valence-electron chi connectivity index (χ0n) is 13.6. The fourth-order valence-electron chi connectivity index (χ4n) is 3.64. The van der Waals surface area contributed by atoms with Crippen LogP contribution in [0.2, 0.25) is 5.02 Å². The van der Waals surface area contributed by atoms with Crippen LogP contribution in [0.15, 0.2) is 18.3 Å². The number of rotatable bonds is 3. The van der Waals surface area contributed by atoms with Crippen LogP contribution in [-0.2, 0) is 4.74 Å². The fraction of sp³-hybridized carbons (Fsp3) is 0.529. The molecule has 2 fully saturated rings. The van der Waals surface area contributed by atoms with Crippen LogP contribution < -0.4 is 5.73 Å². The van der Waals surface area contributed by atoms with Gasteiger partial charge in [0.15, 0.2) is 0 Å². The minimum absolute atomic E-state index is 0.0945. The molecular formula is C17H19ClF2N4O. The molecule has 2 aromatic rings. The topological polar surface area (TPSA) is 66.0 Å². The second kappa shape index (κ2) is 6.21. The Morgan fingerprint density at radius 3 is 2.80 bits per heavy atom. The number of hydrogen-bond acceptors (Lipinski definition) is 4. The summed E-state index contributed by atoms with van der Waals surface area (Å²) >= 11 is 6.06. The highest BCUT2D eigenvalue weighted by Gasteiger charge is 2.42. The monoisotopic (exact) mass is 368 g/mol. The van der Waals surface area contributed by atoms with Gasteiger partial charge in [-0.15, -0.1) is 0 Å². The van der Waals surface area contributed by atoms with Gasteiger partial charge in [0, 0.05) is 42.8 Å².